The summed E-state index contributed by atoms with van der Waals surface area (Å²) in [5, 5.41) is 9.87. The molecule has 0 radical (unpaired) electrons. The van der Waals surface area contributed by atoms with Crippen molar-refractivity contribution < 1.29 is 9.84 Å². The van der Waals surface area contributed by atoms with Crippen LogP contribution in [0.3, 0.4) is 0 Å². The Morgan fingerprint density at radius 2 is 1.87 bits per heavy atom. The Kier molecular flexibility index (Phi) is 2.47. The molecule has 2 rings (SSSR count). The van der Waals surface area contributed by atoms with E-state index in [-0.39, 0.29) is 0 Å². The monoisotopic (exact) mass is 206 g/mol. The molecule has 1 aliphatic carbocycles. The largest absolute Gasteiger partial charge is 0.497 e. The van der Waals surface area contributed by atoms with Crippen molar-refractivity contribution >= 4 is 0 Å². The zero-order chi connectivity index (χ0) is 11.1. The van der Waals surface area contributed by atoms with Gasteiger partial charge in [0.15, 0.2) is 0 Å². The fourth-order valence-corrected chi connectivity index (χ4v) is 2.20. The van der Waals surface area contributed by atoms with Crippen LogP contribution >= 0.6 is 0 Å². The van der Waals surface area contributed by atoms with Crippen molar-refractivity contribution in [2.24, 2.45) is 5.92 Å². The highest BCUT2D eigenvalue weighted by atomic mass is 16.5. The SMILES string of the molecule is COc1ccc([C@H]2C[C@@H]2C(C)(C)O)cc1. The zero-order valence-electron chi connectivity index (χ0n) is 9.53. The maximum atomic E-state index is 9.87. The van der Waals surface area contributed by atoms with E-state index < -0.39 is 5.60 Å². The summed E-state index contributed by atoms with van der Waals surface area (Å²) in [5.41, 5.74) is 0.757. The predicted molar refractivity (Wildman–Crippen MR) is 60.1 cm³/mol. The van der Waals surface area contributed by atoms with Crippen LogP contribution in [0.25, 0.3) is 0 Å². The Labute approximate surface area is 90.9 Å². The van der Waals surface area contributed by atoms with E-state index in [2.05, 4.69) is 12.1 Å². The lowest BCUT2D eigenvalue weighted by atomic mass is 9.99. The molecular formula is C13H18O2. The number of hydrogen-bond acceptors (Lipinski definition) is 2. The summed E-state index contributed by atoms with van der Waals surface area (Å²) in [4.78, 5) is 0. The number of rotatable bonds is 3. The average Bonchev–Trinajstić information content (AvgIpc) is 2.97. The molecule has 1 N–H and O–H groups in total. The third-order valence-corrected chi connectivity index (χ3v) is 3.24. The van der Waals surface area contributed by atoms with Crippen LogP contribution in [0.15, 0.2) is 24.3 Å². The van der Waals surface area contributed by atoms with E-state index in [0.29, 0.717) is 11.8 Å². The van der Waals surface area contributed by atoms with E-state index in [1.165, 1.54) is 5.56 Å². The first-order valence-corrected chi connectivity index (χ1v) is 5.38. The molecule has 1 saturated carbocycles. The molecule has 0 aliphatic heterocycles. The average molecular weight is 206 g/mol. The highest BCUT2D eigenvalue weighted by Gasteiger charge is 2.47. The van der Waals surface area contributed by atoms with Crippen LogP contribution in [0.1, 0.15) is 31.7 Å². The topological polar surface area (TPSA) is 29.5 Å². The smallest absolute Gasteiger partial charge is 0.118 e. The summed E-state index contributed by atoms with van der Waals surface area (Å²) in [7, 11) is 1.67. The number of benzene rings is 1. The Bertz CT molecular complexity index is 335. The molecule has 0 unspecified atom stereocenters. The first-order valence-electron chi connectivity index (χ1n) is 5.38. The fourth-order valence-electron chi connectivity index (χ4n) is 2.20. The van der Waals surface area contributed by atoms with Gasteiger partial charge in [-0.05, 0) is 49.8 Å². The molecule has 15 heavy (non-hydrogen) atoms. The molecule has 2 nitrogen and oxygen atoms in total. The summed E-state index contributed by atoms with van der Waals surface area (Å²) >= 11 is 0. The normalized spacial score (nSPS) is 25.1. The van der Waals surface area contributed by atoms with Crippen molar-refractivity contribution in [1.82, 2.24) is 0 Å². The highest BCUT2D eigenvalue weighted by Crippen LogP contribution is 2.53. The standard InChI is InChI=1S/C13H18O2/c1-13(2,14)12-8-11(12)9-4-6-10(15-3)7-5-9/h4-7,11-12,14H,8H2,1-3H3/t11-,12+/m1/s1. The van der Waals surface area contributed by atoms with Crippen LogP contribution in [0.2, 0.25) is 0 Å². The molecule has 0 heterocycles. The Morgan fingerprint density at radius 3 is 2.27 bits per heavy atom. The quantitative estimate of drug-likeness (QED) is 0.823. The van der Waals surface area contributed by atoms with E-state index >= 15 is 0 Å². The number of ether oxygens (including phenoxy) is 1. The van der Waals surface area contributed by atoms with Gasteiger partial charge >= 0.3 is 0 Å². The zero-order valence-corrected chi connectivity index (χ0v) is 9.53. The van der Waals surface area contributed by atoms with Crippen molar-refractivity contribution in [2.45, 2.75) is 31.8 Å². The minimum Gasteiger partial charge on any atom is -0.497 e. The predicted octanol–water partition coefficient (Wildman–Crippen LogP) is 2.57. The van der Waals surface area contributed by atoms with Crippen LogP contribution in [0.5, 0.6) is 5.75 Å². The van der Waals surface area contributed by atoms with Crippen molar-refractivity contribution in [3.63, 3.8) is 0 Å². The van der Waals surface area contributed by atoms with Gasteiger partial charge < -0.3 is 9.84 Å². The second-order valence-electron chi connectivity index (χ2n) is 4.88. The number of methoxy groups -OCH3 is 1. The highest BCUT2D eigenvalue weighted by molar-refractivity contribution is 5.33. The molecular weight excluding hydrogens is 188 g/mol. The van der Waals surface area contributed by atoms with Gasteiger partial charge in [0.05, 0.1) is 12.7 Å². The summed E-state index contributed by atoms with van der Waals surface area (Å²) in [6.07, 6.45) is 1.09. The number of hydrogen-bond donors (Lipinski definition) is 1. The van der Waals surface area contributed by atoms with E-state index in [0.717, 1.165) is 12.2 Å². The molecule has 1 aliphatic rings. The second kappa shape index (κ2) is 3.53. The second-order valence-corrected chi connectivity index (χ2v) is 4.88. The third-order valence-electron chi connectivity index (χ3n) is 3.24. The molecule has 2 atom stereocenters. The summed E-state index contributed by atoms with van der Waals surface area (Å²) in [6, 6.07) is 8.15. The van der Waals surface area contributed by atoms with E-state index in [1.807, 2.05) is 26.0 Å². The van der Waals surface area contributed by atoms with E-state index in [1.54, 1.807) is 7.11 Å². The molecule has 82 valence electrons. The van der Waals surface area contributed by atoms with Crippen LogP contribution in [0.4, 0.5) is 0 Å². The maximum absolute atomic E-state index is 9.87. The molecule has 0 spiro atoms. The Morgan fingerprint density at radius 1 is 1.27 bits per heavy atom. The molecule has 0 bridgehead atoms. The lowest BCUT2D eigenvalue weighted by molar-refractivity contribution is 0.0546. The van der Waals surface area contributed by atoms with Gasteiger partial charge in [-0.25, -0.2) is 0 Å². The summed E-state index contributed by atoms with van der Waals surface area (Å²) < 4.78 is 5.11. The van der Waals surface area contributed by atoms with E-state index in [4.69, 9.17) is 4.74 Å². The lowest BCUT2D eigenvalue weighted by Gasteiger charge is -2.16. The minimum absolute atomic E-state index is 0.408. The van der Waals surface area contributed by atoms with Gasteiger partial charge in [0.2, 0.25) is 0 Å². The molecule has 1 fully saturated rings. The van der Waals surface area contributed by atoms with Crippen LogP contribution in [0, 0.1) is 5.92 Å². The van der Waals surface area contributed by atoms with Crippen molar-refractivity contribution in [3.05, 3.63) is 29.8 Å². The molecule has 1 aromatic rings. The van der Waals surface area contributed by atoms with Crippen LogP contribution in [-0.4, -0.2) is 17.8 Å². The molecule has 0 saturated heterocycles. The lowest BCUT2D eigenvalue weighted by Crippen LogP contribution is -2.22. The molecule has 1 aromatic carbocycles. The third kappa shape index (κ3) is 2.15. The maximum Gasteiger partial charge on any atom is 0.118 e. The fraction of sp³-hybridized carbons (Fsp3) is 0.538. The first-order chi connectivity index (χ1) is 7.02. The summed E-state index contributed by atoms with van der Waals surface area (Å²) in [6.45, 7) is 3.78. The van der Waals surface area contributed by atoms with Gasteiger partial charge in [0, 0.05) is 0 Å². The summed E-state index contributed by atoms with van der Waals surface area (Å²) in [5.74, 6) is 1.82. The van der Waals surface area contributed by atoms with Gasteiger partial charge in [0.25, 0.3) is 0 Å². The minimum atomic E-state index is -0.551. The molecule has 0 aromatic heterocycles. The molecule has 2 heteroatoms. The van der Waals surface area contributed by atoms with Crippen molar-refractivity contribution in [2.75, 3.05) is 7.11 Å². The van der Waals surface area contributed by atoms with Gasteiger partial charge in [-0.3, -0.25) is 0 Å². The van der Waals surface area contributed by atoms with Crippen molar-refractivity contribution in [1.29, 1.82) is 0 Å². The Hall–Kier alpha value is -1.02. The van der Waals surface area contributed by atoms with Gasteiger partial charge in [0.1, 0.15) is 5.75 Å². The number of aliphatic hydroxyl groups is 1. The Balaban J connectivity index is 2.07. The van der Waals surface area contributed by atoms with Crippen LogP contribution in [-0.2, 0) is 0 Å². The van der Waals surface area contributed by atoms with Gasteiger partial charge in [-0.15, -0.1) is 0 Å². The van der Waals surface area contributed by atoms with Crippen molar-refractivity contribution in [3.8, 4) is 5.75 Å². The molecule has 0 amide bonds. The van der Waals surface area contributed by atoms with Gasteiger partial charge in [-0.2, -0.15) is 0 Å². The first kappa shape index (κ1) is 10.5. The van der Waals surface area contributed by atoms with Gasteiger partial charge in [-0.1, -0.05) is 12.1 Å². The van der Waals surface area contributed by atoms with Crippen LogP contribution < -0.4 is 4.74 Å². The van der Waals surface area contributed by atoms with E-state index in [9.17, 15) is 5.11 Å².